The van der Waals surface area contributed by atoms with E-state index in [0.29, 0.717) is 35.0 Å². The predicted molar refractivity (Wildman–Crippen MR) is 131 cm³/mol. The Morgan fingerprint density at radius 1 is 0.882 bits per heavy atom. The number of hydrazone groups is 1. The van der Waals surface area contributed by atoms with E-state index >= 15 is 0 Å². The largest absolute Gasteiger partial charge is 0.490 e. The highest BCUT2D eigenvalue weighted by Gasteiger charge is 2.13. The van der Waals surface area contributed by atoms with Crippen LogP contribution in [-0.2, 0) is 4.79 Å². The van der Waals surface area contributed by atoms with Crippen molar-refractivity contribution >= 4 is 18.1 Å². The van der Waals surface area contributed by atoms with Crippen LogP contribution in [0.15, 0.2) is 65.8 Å². The first-order chi connectivity index (χ1) is 16.4. The van der Waals surface area contributed by atoms with Crippen molar-refractivity contribution in [3.8, 4) is 17.2 Å². The van der Waals surface area contributed by atoms with Crippen molar-refractivity contribution in [2.75, 3.05) is 13.2 Å². The molecule has 0 atom stereocenters. The van der Waals surface area contributed by atoms with E-state index in [9.17, 15) is 9.59 Å². The van der Waals surface area contributed by atoms with Gasteiger partial charge in [0.25, 0.3) is 5.91 Å². The van der Waals surface area contributed by atoms with Crippen LogP contribution >= 0.6 is 0 Å². The fraction of sp³-hybridized carbons (Fsp3) is 0.222. The molecule has 0 aliphatic heterocycles. The van der Waals surface area contributed by atoms with E-state index < -0.39 is 5.97 Å². The summed E-state index contributed by atoms with van der Waals surface area (Å²) in [4.78, 5) is 24.5. The van der Waals surface area contributed by atoms with Gasteiger partial charge >= 0.3 is 5.97 Å². The van der Waals surface area contributed by atoms with Gasteiger partial charge in [-0.05, 0) is 86.8 Å². The van der Waals surface area contributed by atoms with Crippen molar-refractivity contribution < 1.29 is 23.8 Å². The summed E-state index contributed by atoms with van der Waals surface area (Å²) >= 11 is 0. The molecule has 7 heteroatoms. The third-order valence-electron chi connectivity index (χ3n) is 5.01. The van der Waals surface area contributed by atoms with Crippen LogP contribution in [0.4, 0.5) is 0 Å². The number of carbonyl (C=O) groups is 2. The summed E-state index contributed by atoms with van der Waals surface area (Å²) in [6, 6.07) is 17.8. The van der Waals surface area contributed by atoms with E-state index in [-0.39, 0.29) is 12.5 Å². The molecular formula is C27H28N2O5. The molecule has 0 saturated carbocycles. The Morgan fingerprint density at radius 2 is 1.65 bits per heavy atom. The molecule has 3 rings (SSSR count). The van der Waals surface area contributed by atoms with Gasteiger partial charge in [0.2, 0.25) is 0 Å². The lowest BCUT2D eigenvalue weighted by Crippen LogP contribution is -2.24. The molecule has 0 unspecified atom stereocenters. The summed E-state index contributed by atoms with van der Waals surface area (Å²) in [6.07, 6.45) is 1.47. The smallest absolute Gasteiger partial charge is 0.343 e. The third-order valence-corrected chi connectivity index (χ3v) is 5.01. The van der Waals surface area contributed by atoms with E-state index in [1.54, 1.807) is 30.3 Å². The van der Waals surface area contributed by atoms with Crippen LogP contribution in [0.1, 0.15) is 39.5 Å². The Kier molecular flexibility index (Phi) is 8.40. The van der Waals surface area contributed by atoms with Crippen molar-refractivity contribution in [1.82, 2.24) is 5.43 Å². The number of hydrogen-bond donors (Lipinski definition) is 1. The summed E-state index contributed by atoms with van der Waals surface area (Å²) in [6.45, 7) is 8.01. The minimum Gasteiger partial charge on any atom is -0.490 e. The summed E-state index contributed by atoms with van der Waals surface area (Å²) in [7, 11) is 0. The second-order valence-corrected chi connectivity index (χ2v) is 7.72. The van der Waals surface area contributed by atoms with Crippen molar-refractivity contribution in [3.63, 3.8) is 0 Å². The number of aryl methyl sites for hydroxylation is 3. The second-order valence-electron chi connectivity index (χ2n) is 7.72. The molecule has 3 aromatic rings. The van der Waals surface area contributed by atoms with E-state index in [4.69, 9.17) is 14.2 Å². The Hall–Kier alpha value is -4.13. The van der Waals surface area contributed by atoms with E-state index in [1.165, 1.54) is 6.21 Å². The predicted octanol–water partition coefficient (Wildman–Crippen LogP) is 4.76. The lowest BCUT2D eigenvalue weighted by molar-refractivity contribution is -0.123. The van der Waals surface area contributed by atoms with Crippen molar-refractivity contribution in [1.29, 1.82) is 0 Å². The number of benzene rings is 3. The maximum absolute atomic E-state index is 12.4. The van der Waals surface area contributed by atoms with Crippen LogP contribution in [0, 0.1) is 20.8 Å². The maximum atomic E-state index is 12.4. The molecule has 7 nitrogen and oxygen atoms in total. The van der Waals surface area contributed by atoms with Crippen molar-refractivity contribution in [3.05, 3.63) is 88.5 Å². The van der Waals surface area contributed by atoms with Crippen molar-refractivity contribution in [2.24, 2.45) is 5.10 Å². The van der Waals surface area contributed by atoms with Gasteiger partial charge in [0, 0.05) is 0 Å². The normalized spacial score (nSPS) is 10.7. The number of carbonyl (C=O) groups excluding carboxylic acids is 2. The lowest BCUT2D eigenvalue weighted by atomic mass is 10.1. The van der Waals surface area contributed by atoms with Crippen LogP contribution in [0.5, 0.6) is 17.2 Å². The fourth-order valence-corrected chi connectivity index (χ4v) is 2.97. The van der Waals surface area contributed by atoms with E-state index in [0.717, 1.165) is 16.7 Å². The number of amides is 1. The molecule has 0 aromatic heterocycles. The van der Waals surface area contributed by atoms with Gasteiger partial charge in [-0.25, -0.2) is 10.2 Å². The van der Waals surface area contributed by atoms with Crippen LogP contribution in [-0.4, -0.2) is 31.3 Å². The quantitative estimate of drug-likeness (QED) is 0.215. The number of rotatable bonds is 9. The zero-order chi connectivity index (χ0) is 24.5. The maximum Gasteiger partial charge on any atom is 0.343 e. The number of nitrogens with one attached hydrogen (secondary N) is 1. The van der Waals surface area contributed by atoms with Crippen LogP contribution in [0.3, 0.4) is 0 Å². The molecule has 0 saturated heterocycles. The Bertz CT molecular complexity index is 1190. The number of hydrogen-bond acceptors (Lipinski definition) is 6. The zero-order valence-electron chi connectivity index (χ0n) is 19.8. The zero-order valence-corrected chi connectivity index (χ0v) is 19.8. The molecule has 1 amide bonds. The van der Waals surface area contributed by atoms with Gasteiger partial charge in [-0.3, -0.25) is 4.79 Å². The Labute approximate surface area is 199 Å². The number of esters is 1. The van der Waals surface area contributed by atoms with Gasteiger partial charge in [0.1, 0.15) is 5.75 Å². The van der Waals surface area contributed by atoms with Gasteiger partial charge in [-0.2, -0.15) is 5.10 Å². The molecule has 0 spiro atoms. The molecule has 0 aliphatic rings. The second kappa shape index (κ2) is 11.7. The molecule has 0 aliphatic carbocycles. The first-order valence-electron chi connectivity index (χ1n) is 10.9. The van der Waals surface area contributed by atoms with Crippen LogP contribution in [0.2, 0.25) is 0 Å². The topological polar surface area (TPSA) is 86.2 Å². The average Bonchev–Trinajstić information content (AvgIpc) is 2.82. The molecule has 0 fully saturated rings. The molecule has 176 valence electrons. The number of ether oxygens (including phenoxy) is 3. The highest BCUT2D eigenvalue weighted by atomic mass is 16.6. The molecule has 34 heavy (non-hydrogen) atoms. The first-order valence-corrected chi connectivity index (χ1v) is 10.9. The van der Waals surface area contributed by atoms with Gasteiger partial charge in [-0.1, -0.05) is 23.8 Å². The summed E-state index contributed by atoms with van der Waals surface area (Å²) in [5.41, 5.74) is 6.84. The number of nitrogens with zero attached hydrogens (tertiary/aromatic N) is 1. The van der Waals surface area contributed by atoms with Crippen LogP contribution in [0.25, 0.3) is 0 Å². The molecule has 0 heterocycles. The lowest BCUT2D eigenvalue weighted by Gasteiger charge is -2.11. The SMILES string of the molecule is CCOc1cc(/C=N/NC(=O)COc2ccc(C)c(C)c2)ccc1OC(=O)c1ccc(C)cc1. The van der Waals surface area contributed by atoms with Gasteiger partial charge in [0.05, 0.1) is 18.4 Å². The molecule has 0 radical (unpaired) electrons. The molecular weight excluding hydrogens is 432 g/mol. The molecule has 0 bridgehead atoms. The van der Waals surface area contributed by atoms with Crippen LogP contribution < -0.4 is 19.6 Å². The van der Waals surface area contributed by atoms with E-state index in [2.05, 4.69) is 10.5 Å². The first kappa shape index (κ1) is 24.5. The average molecular weight is 461 g/mol. The molecule has 1 N–H and O–H groups in total. The van der Waals surface area contributed by atoms with Gasteiger partial charge < -0.3 is 14.2 Å². The van der Waals surface area contributed by atoms with Gasteiger partial charge in [0.15, 0.2) is 18.1 Å². The monoisotopic (exact) mass is 460 g/mol. The Morgan fingerprint density at radius 3 is 2.35 bits per heavy atom. The summed E-state index contributed by atoms with van der Waals surface area (Å²) in [5.74, 6) is 0.465. The Balaban J connectivity index is 1.59. The highest BCUT2D eigenvalue weighted by molar-refractivity contribution is 5.91. The van der Waals surface area contributed by atoms with Crippen molar-refractivity contribution in [2.45, 2.75) is 27.7 Å². The minimum absolute atomic E-state index is 0.155. The molecule has 3 aromatic carbocycles. The fourth-order valence-electron chi connectivity index (χ4n) is 2.97. The highest BCUT2D eigenvalue weighted by Crippen LogP contribution is 2.29. The summed E-state index contributed by atoms with van der Waals surface area (Å²) < 4.78 is 16.6. The summed E-state index contributed by atoms with van der Waals surface area (Å²) in [5, 5.41) is 3.97. The minimum atomic E-state index is -0.474. The van der Waals surface area contributed by atoms with E-state index in [1.807, 2.05) is 58.0 Å². The standard InChI is InChI=1S/C27H28N2O5/c1-5-32-25-15-21(9-13-24(25)34-27(31)22-10-6-18(2)7-11-22)16-28-29-26(30)17-33-23-12-8-19(3)20(4)14-23/h6-16H,5,17H2,1-4H3,(H,29,30)/b28-16+. The third kappa shape index (κ3) is 6.93. The van der Waals surface area contributed by atoms with Gasteiger partial charge in [-0.15, -0.1) is 0 Å².